The summed E-state index contributed by atoms with van der Waals surface area (Å²) in [5.41, 5.74) is 3.35. The summed E-state index contributed by atoms with van der Waals surface area (Å²) in [5.74, 6) is -0.339. The van der Waals surface area contributed by atoms with Crippen LogP contribution in [-0.2, 0) is 7.05 Å². The number of benzene rings is 2. The van der Waals surface area contributed by atoms with Gasteiger partial charge in [0.15, 0.2) is 0 Å². The highest BCUT2D eigenvalue weighted by Crippen LogP contribution is 2.30. The second-order valence-electron chi connectivity index (χ2n) is 7.87. The molecular formula is C26H22N4O2S. The van der Waals surface area contributed by atoms with Gasteiger partial charge in [0.2, 0.25) is 0 Å². The van der Waals surface area contributed by atoms with Crippen LogP contribution >= 0.6 is 11.3 Å². The van der Waals surface area contributed by atoms with Crippen molar-refractivity contribution in [2.45, 2.75) is 13.8 Å². The van der Waals surface area contributed by atoms with Gasteiger partial charge in [0.1, 0.15) is 5.69 Å². The maximum atomic E-state index is 13.5. The highest BCUT2D eigenvalue weighted by Gasteiger charge is 2.21. The molecule has 1 amide bonds. The smallest absolute Gasteiger partial charge is 0.295 e. The minimum Gasteiger partial charge on any atom is -0.316 e. The first-order chi connectivity index (χ1) is 15.9. The lowest BCUT2D eigenvalue weighted by atomic mass is 10.1. The molecule has 0 saturated carbocycles. The molecule has 0 aliphatic heterocycles. The summed E-state index contributed by atoms with van der Waals surface area (Å²) in [6.07, 6.45) is 0. The second kappa shape index (κ2) is 8.18. The van der Waals surface area contributed by atoms with E-state index in [1.165, 1.54) is 4.88 Å². The Morgan fingerprint density at radius 1 is 0.970 bits per heavy atom. The van der Waals surface area contributed by atoms with Crippen LogP contribution in [0.3, 0.4) is 0 Å². The zero-order valence-electron chi connectivity index (χ0n) is 18.5. The number of aromatic nitrogens is 3. The third-order valence-electron chi connectivity index (χ3n) is 5.75. The van der Waals surface area contributed by atoms with Gasteiger partial charge in [-0.1, -0.05) is 36.4 Å². The van der Waals surface area contributed by atoms with Crippen LogP contribution in [0.4, 0.5) is 5.69 Å². The summed E-state index contributed by atoms with van der Waals surface area (Å²) >= 11 is 1.63. The van der Waals surface area contributed by atoms with E-state index in [1.54, 1.807) is 33.8 Å². The van der Waals surface area contributed by atoms with Gasteiger partial charge in [0.25, 0.3) is 11.5 Å². The van der Waals surface area contributed by atoms with Crippen LogP contribution in [0.1, 0.15) is 20.9 Å². The fourth-order valence-corrected chi connectivity index (χ4v) is 4.78. The SMILES string of the molecule is Cc1ccc(-c2cc(C(=O)Nc3c(C)n(C)n(-c4ccccc4)c3=O)c3ccccc3n2)s1. The first-order valence-corrected chi connectivity index (χ1v) is 11.4. The number of nitrogens with zero attached hydrogens (tertiary/aromatic N) is 3. The molecule has 5 rings (SSSR count). The molecular weight excluding hydrogens is 432 g/mol. The standard InChI is InChI=1S/C26H22N4O2S/c1-16-13-14-23(33-16)22-15-20(19-11-7-8-12-21(19)27-22)25(31)28-24-17(2)29(3)30(26(24)32)18-9-5-4-6-10-18/h4-15H,1-3H3,(H,28,31). The molecule has 1 N–H and O–H groups in total. The summed E-state index contributed by atoms with van der Waals surface area (Å²) in [6.45, 7) is 3.86. The monoisotopic (exact) mass is 454 g/mol. The van der Waals surface area contributed by atoms with E-state index in [2.05, 4.69) is 5.32 Å². The van der Waals surface area contributed by atoms with Crippen LogP contribution in [0.5, 0.6) is 0 Å². The Bertz CT molecular complexity index is 1560. The molecule has 0 radical (unpaired) electrons. The van der Waals surface area contributed by atoms with Crippen molar-refractivity contribution in [1.82, 2.24) is 14.3 Å². The van der Waals surface area contributed by atoms with Gasteiger partial charge in [-0.05, 0) is 50.2 Å². The molecule has 0 aliphatic rings. The summed E-state index contributed by atoms with van der Waals surface area (Å²) in [4.78, 5) is 33.7. The molecule has 33 heavy (non-hydrogen) atoms. The maximum absolute atomic E-state index is 13.5. The Labute approximate surface area is 194 Å². The fourth-order valence-electron chi connectivity index (χ4n) is 3.95. The first-order valence-electron chi connectivity index (χ1n) is 10.6. The van der Waals surface area contributed by atoms with Crippen LogP contribution in [0, 0.1) is 13.8 Å². The molecule has 3 aromatic heterocycles. The summed E-state index contributed by atoms with van der Waals surface area (Å²) in [7, 11) is 1.80. The van der Waals surface area contributed by atoms with Crippen LogP contribution < -0.4 is 10.9 Å². The minimum absolute atomic E-state index is 0.265. The van der Waals surface area contributed by atoms with E-state index >= 15 is 0 Å². The largest absolute Gasteiger partial charge is 0.316 e. The third kappa shape index (κ3) is 3.66. The molecule has 0 aliphatic carbocycles. The molecule has 164 valence electrons. The van der Waals surface area contributed by atoms with Crippen LogP contribution in [0.2, 0.25) is 0 Å². The molecule has 6 nitrogen and oxygen atoms in total. The highest BCUT2D eigenvalue weighted by atomic mass is 32.1. The lowest BCUT2D eigenvalue weighted by Gasteiger charge is -2.09. The van der Waals surface area contributed by atoms with Crippen molar-refractivity contribution < 1.29 is 4.79 Å². The molecule has 0 fully saturated rings. The van der Waals surface area contributed by atoms with Crippen LogP contribution in [0.15, 0.2) is 77.6 Å². The summed E-state index contributed by atoms with van der Waals surface area (Å²) in [5, 5.41) is 3.62. The van der Waals surface area contributed by atoms with E-state index < -0.39 is 0 Å². The lowest BCUT2D eigenvalue weighted by Crippen LogP contribution is -2.23. The average molecular weight is 455 g/mol. The van der Waals surface area contributed by atoms with Gasteiger partial charge in [0, 0.05) is 17.3 Å². The van der Waals surface area contributed by atoms with Gasteiger partial charge in [0.05, 0.1) is 33.0 Å². The van der Waals surface area contributed by atoms with Gasteiger partial charge in [-0.3, -0.25) is 14.3 Å². The molecule has 0 bridgehead atoms. The number of fused-ring (bicyclic) bond motifs is 1. The number of aryl methyl sites for hydroxylation is 1. The first kappa shape index (κ1) is 20.9. The number of carbonyl (C=O) groups is 1. The van der Waals surface area contributed by atoms with Gasteiger partial charge < -0.3 is 5.32 Å². The van der Waals surface area contributed by atoms with E-state index in [-0.39, 0.29) is 17.2 Å². The number of anilines is 1. The molecule has 0 atom stereocenters. The van der Waals surface area contributed by atoms with E-state index in [0.29, 0.717) is 11.3 Å². The van der Waals surface area contributed by atoms with Crippen molar-refractivity contribution in [2.75, 3.05) is 5.32 Å². The van der Waals surface area contributed by atoms with Gasteiger partial charge in [-0.15, -0.1) is 11.3 Å². The molecule has 5 aromatic rings. The van der Waals surface area contributed by atoms with Crippen molar-refractivity contribution >= 4 is 33.8 Å². The normalized spacial score (nSPS) is 11.1. The average Bonchev–Trinajstić information content (AvgIpc) is 3.35. The van der Waals surface area contributed by atoms with Crippen molar-refractivity contribution in [3.05, 3.63) is 99.3 Å². The van der Waals surface area contributed by atoms with Crippen molar-refractivity contribution in [3.63, 3.8) is 0 Å². The van der Waals surface area contributed by atoms with Gasteiger partial charge >= 0.3 is 0 Å². The maximum Gasteiger partial charge on any atom is 0.295 e. The Morgan fingerprint density at radius 3 is 2.42 bits per heavy atom. The predicted molar refractivity (Wildman–Crippen MR) is 133 cm³/mol. The Balaban J connectivity index is 1.60. The molecule has 3 heterocycles. The number of carbonyl (C=O) groups excluding carboxylic acids is 1. The Hall–Kier alpha value is -3.97. The molecule has 0 spiro atoms. The number of hydrogen-bond donors (Lipinski definition) is 1. The quantitative estimate of drug-likeness (QED) is 0.399. The molecule has 7 heteroatoms. The number of para-hydroxylation sites is 2. The van der Waals surface area contributed by atoms with E-state index in [4.69, 9.17) is 4.98 Å². The Kier molecular flexibility index (Phi) is 5.18. The van der Waals surface area contributed by atoms with Gasteiger partial charge in [-0.25, -0.2) is 9.67 Å². The van der Waals surface area contributed by atoms with Crippen LogP contribution in [0.25, 0.3) is 27.2 Å². The zero-order chi connectivity index (χ0) is 23.1. The summed E-state index contributed by atoms with van der Waals surface area (Å²) in [6, 6.07) is 22.8. The number of nitrogens with one attached hydrogen (secondary N) is 1. The van der Waals surface area contributed by atoms with E-state index in [9.17, 15) is 9.59 Å². The second-order valence-corrected chi connectivity index (χ2v) is 9.16. The third-order valence-corrected chi connectivity index (χ3v) is 6.77. The van der Waals surface area contributed by atoms with Crippen molar-refractivity contribution in [2.24, 2.45) is 7.05 Å². The highest BCUT2D eigenvalue weighted by molar-refractivity contribution is 7.15. The minimum atomic E-state index is -0.339. The number of amides is 1. The molecule has 0 unspecified atom stereocenters. The number of pyridine rings is 1. The zero-order valence-corrected chi connectivity index (χ0v) is 19.3. The Morgan fingerprint density at radius 2 is 1.70 bits per heavy atom. The van der Waals surface area contributed by atoms with E-state index in [0.717, 1.165) is 27.2 Å². The predicted octanol–water partition coefficient (Wildman–Crippen LogP) is 5.32. The van der Waals surface area contributed by atoms with E-state index in [1.807, 2.05) is 80.6 Å². The number of hydrogen-bond acceptors (Lipinski definition) is 4. The van der Waals surface area contributed by atoms with Crippen molar-refractivity contribution in [3.8, 4) is 16.3 Å². The van der Waals surface area contributed by atoms with Gasteiger partial charge in [-0.2, -0.15) is 0 Å². The fraction of sp³-hybridized carbons (Fsp3) is 0.115. The lowest BCUT2D eigenvalue weighted by molar-refractivity contribution is 0.102. The summed E-state index contributed by atoms with van der Waals surface area (Å²) < 4.78 is 3.30. The number of rotatable bonds is 4. The van der Waals surface area contributed by atoms with Crippen LogP contribution in [-0.4, -0.2) is 20.3 Å². The van der Waals surface area contributed by atoms with Crippen molar-refractivity contribution in [1.29, 1.82) is 0 Å². The molecule has 0 saturated heterocycles. The number of thiophene rings is 1. The molecule has 2 aromatic carbocycles. The topological polar surface area (TPSA) is 68.9 Å².